The van der Waals surface area contributed by atoms with Gasteiger partial charge in [0.25, 0.3) is 0 Å². The largest absolute Gasteiger partial charge is 0.488 e. The van der Waals surface area contributed by atoms with Crippen LogP contribution in [0.2, 0.25) is 0 Å². The molecular formula is C23H32N4O2. The predicted octanol–water partition coefficient (Wildman–Crippen LogP) is 3.24. The fraction of sp³-hybridized carbons (Fsp3) is 0.565. The molecule has 2 aromatic rings. The lowest BCUT2D eigenvalue weighted by Gasteiger charge is -2.34. The summed E-state index contributed by atoms with van der Waals surface area (Å²) < 4.78 is 7.62. The average molecular weight is 397 g/mol. The van der Waals surface area contributed by atoms with Crippen LogP contribution in [0.5, 0.6) is 5.75 Å². The van der Waals surface area contributed by atoms with Gasteiger partial charge in [0.1, 0.15) is 18.9 Å². The van der Waals surface area contributed by atoms with Gasteiger partial charge in [-0.1, -0.05) is 25.5 Å². The SMILES string of the molecule is Cc1ccc2c(c1)-c1c(cnn1CC(=O)NCCCN1C[C@H](C)C[C@@H](C)C1)CO2. The van der Waals surface area contributed by atoms with E-state index in [2.05, 4.69) is 42.2 Å². The van der Waals surface area contributed by atoms with E-state index < -0.39 is 0 Å². The number of amides is 1. The van der Waals surface area contributed by atoms with Gasteiger partial charge in [0.15, 0.2) is 0 Å². The molecule has 6 heteroatoms. The van der Waals surface area contributed by atoms with E-state index in [9.17, 15) is 4.79 Å². The fourth-order valence-electron chi connectivity index (χ4n) is 4.77. The Morgan fingerprint density at radius 2 is 2.07 bits per heavy atom. The van der Waals surface area contributed by atoms with Crippen molar-refractivity contribution in [2.24, 2.45) is 11.8 Å². The van der Waals surface area contributed by atoms with Crippen LogP contribution in [0.25, 0.3) is 11.3 Å². The molecule has 156 valence electrons. The van der Waals surface area contributed by atoms with Crippen molar-refractivity contribution in [1.29, 1.82) is 0 Å². The average Bonchev–Trinajstić information content (AvgIpc) is 3.07. The van der Waals surface area contributed by atoms with E-state index in [-0.39, 0.29) is 12.5 Å². The third-order valence-electron chi connectivity index (χ3n) is 5.90. The Hall–Kier alpha value is -2.34. The number of fused-ring (bicyclic) bond motifs is 3. The molecule has 2 aliphatic heterocycles. The number of nitrogens with one attached hydrogen (secondary N) is 1. The van der Waals surface area contributed by atoms with Gasteiger partial charge in [-0.15, -0.1) is 0 Å². The molecule has 1 N–H and O–H groups in total. The highest BCUT2D eigenvalue weighted by Gasteiger charge is 2.24. The highest BCUT2D eigenvalue weighted by Crippen LogP contribution is 2.37. The minimum atomic E-state index is 0.0111. The third kappa shape index (κ3) is 4.64. The molecule has 0 unspecified atom stereocenters. The van der Waals surface area contributed by atoms with Crippen LogP contribution in [0.1, 0.15) is 37.8 Å². The van der Waals surface area contributed by atoms with Gasteiger partial charge < -0.3 is 15.0 Å². The zero-order valence-corrected chi connectivity index (χ0v) is 17.8. The molecule has 6 nitrogen and oxygen atoms in total. The van der Waals surface area contributed by atoms with Crippen LogP contribution in [0.4, 0.5) is 0 Å². The van der Waals surface area contributed by atoms with Gasteiger partial charge in [-0.2, -0.15) is 5.10 Å². The molecule has 0 bridgehead atoms. The number of nitrogens with zero attached hydrogens (tertiary/aromatic N) is 3. The summed E-state index contributed by atoms with van der Waals surface area (Å²) in [5.74, 6) is 2.41. The van der Waals surface area contributed by atoms with Crippen molar-refractivity contribution in [2.75, 3.05) is 26.2 Å². The van der Waals surface area contributed by atoms with Crippen molar-refractivity contribution in [3.63, 3.8) is 0 Å². The lowest BCUT2D eigenvalue weighted by atomic mass is 9.92. The van der Waals surface area contributed by atoms with Crippen molar-refractivity contribution in [2.45, 2.75) is 46.8 Å². The molecule has 29 heavy (non-hydrogen) atoms. The van der Waals surface area contributed by atoms with Crippen molar-refractivity contribution >= 4 is 5.91 Å². The molecule has 2 aliphatic rings. The van der Waals surface area contributed by atoms with E-state index in [0.29, 0.717) is 13.2 Å². The molecule has 3 heterocycles. The number of piperidine rings is 1. The van der Waals surface area contributed by atoms with Crippen molar-refractivity contribution in [3.05, 3.63) is 35.5 Å². The smallest absolute Gasteiger partial charge is 0.241 e. The van der Waals surface area contributed by atoms with Crippen LogP contribution < -0.4 is 10.1 Å². The maximum Gasteiger partial charge on any atom is 0.241 e. The van der Waals surface area contributed by atoms with Crippen LogP contribution in [-0.2, 0) is 17.9 Å². The van der Waals surface area contributed by atoms with Crippen molar-refractivity contribution < 1.29 is 9.53 Å². The highest BCUT2D eigenvalue weighted by molar-refractivity contribution is 5.78. The first-order chi connectivity index (χ1) is 14.0. The number of rotatable bonds is 6. The Balaban J connectivity index is 1.31. The lowest BCUT2D eigenvalue weighted by molar-refractivity contribution is -0.121. The molecule has 2 atom stereocenters. The second-order valence-electron chi connectivity index (χ2n) is 8.87. The van der Waals surface area contributed by atoms with Crippen LogP contribution >= 0.6 is 0 Å². The van der Waals surface area contributed by atoms with Crippen LogP contribution in [0, 0.1) is 18.8 Å². The maximum absolute atomic E-state index is 12.5. The quantitative estimate of drug-likeness (QED) is 0.762. The van der Waals surface area contributed by atoms with E-state index in [1.54, 1.807) is 4.68 Å². The summed E-state index contributed by atoms with van der Waals surface area (Å²) in [5.41, 5.74) is 4.22. The number of benzene rings is 1. The van der Waals surface area contributed by atoms with E-state index in [1.807, 2.05) is 18.3 Å². The number of likely N-dealkylation sites (tertiary alicyclic amines) is 1. The second-order valence-corrected chi connectivity index (χ2v) is 8.87. The Labute approximate surface area is 173 Å². The Morgan fingerprint density at radius 3 is 2.86 bits per heavy atom. The molecule has 1 aromatic heterocycles. The van der Waals surface area contributed by atoms with Crippen LogP contribution in [-0.4, -0.2) is 46.8 Å². The number of aryl methyl sites for hydroxylation is 1. The van der Waals surface area contributed by atoms with Crippen molar-refractivity contribution in [1.82, 2.24) is 20.0 Å². The van der Waals surface area contributed by atoms with Gasteiger partial charge in [-0.05, 0) is 50.3 Å². The molecule has 1 saturated heterocycles. The molecule has 0 radical (unpaired) electrons. The summed E-state index contributed by atoms with van der Waals surface area (Å²) in [6.07, 6.45) is 4.12. The first kappa shape index (κ1) is 20.0. The first-order valence-electron chi connectivity index (χ1n) is 10.8. The summed E-state index contributed by atoms with van der Waals surface area (Å²) in [5, 5.41) is 7.52. The molecule has 1 fully saturated rings. The third-order valence-corrected chi connectivity index (χ3v) is 5.90. The van der Waals surface area contributed by atoms with Gasteiger partial charge in [0, 0.05) is 30.8 Å². The number of aromatic nitrogens is 2. The molecule has 1 aromatic carbocycles. The number of carbonyl (C=O) groups excluding carboxylic acids is 1. The normalized spacial score (nSPS) is 21.2. The Kier molecular flexibility index (Phi) is 5.90. The zero-order chi connectivity index (χ0) is 20.4. The van der Waals surface area contributed by atoms with E-state index >= 15 is 0 Å². The summed E-state index contributed by atoms with van der Waals surface area (Å²) in [6, 6.07) is 6.14. The summed E-state index contributed by atoms with van der Waals surface area (Å²) in [4.78, 5) is 15.0. The van der Waals surface area contributed by atoms with Gasteiger partial charge in [0.2, 0.25) is 5.91 Å². The lowest BCUT2D eigenvalue weighted by Crippen LogP contribution is -2.40. The predicted molar refractivity (Wildman–Crippen MR) is 114 cm³/mol. The first-order valence-corrected chi connectivity index (χ1v) is 10.8. The minimum Gasteiger partial charge on any atom is -0.488 e. The molecular weight excluding hydrogens is 364 g/mol. The van der Waals surface area contributed by atoms with E-state index in [0.717, 1.165) is 47.4 Å². The summed E-state index contributed by atoms with van der Waals surface area (Å²) in [7, 11) is 0. The van der Waals surface area contributed by atoms with Crippen LogP contribution in [0.15, 0.2) is 24.4 Å². The molecule has 4 rings (SSSR count). The Bertz CT molecular complexity index is 866. The van der Waals surface area contributed by atoms with Gasteiger partial charge in [0.05, 0.1) is 11.9 Å². The summed E-state index contributed by atoms with van der Waals surface area (Å²) in [6.45, 7) is 11.6. The minimum absolute atomic E-state index is 0.0111. The summed E-state index contributed by atoms with van der Waals surface area (Å²) >= 11 is 0. The highest BCUT2D eigenvalue weighted by atomic mass is 16.5. The fourth-order valence-corrected chi connectivity index (χ4v) is 4.77. The van der Waals surface area contributed by atoms with Gasteiger partial charge in [-0.25, -0.2) is 0 Å². The van der Waals surface area contributed by atoms with E-state index in [1.165, 1.54) is 25.1 Å². The number of carbonyl (C=O) groups is 1. The second kappa shape index (κ2) is 8.57. The number of hydrogen-bond acceptors (Lipinski definition) is 4. The van der Waals surface area contributed by atoms with Crippen LogP contribution in [0.3, 0.4) is 0 Å². The molecule has 0 saturated carbocycles. The van der Waals surface area contributed by atoms with Gasteiger partial charge >= 0.3 is 0 Å². The van der Waals surface area contributed by atoms with Crippen molar-refractivity contribution in [3.8, 4) is 17.0 Å². The monoisotopic (exact) mass is 396 g/mol. The molecule has 0 spiro atoms. The maximum atomic E-state index is 12.5. The zero-order valence-electron chi connectivity index (χ0n) is 17.8. The molecule has 0 aliphatic carbocycles. The Morgan fingerprint density at radius 1 is 1.28 bits per heavy atom. The van der Waals surface area contributed by atoms with Gasteiger partial charge in [-0.3, -0.25) is 9.48 Å². The molecule has 1 amide bonds. The topological polar surface area (TPSA) is 59.4 Å². The number of hydrogen-bond donors (Lipinski definition) is 1. The van der Waals surface area contributed by atoms with E-state index in [4.69, 9.17) is 4.74 Å². The number of ether oxygens (including phenoxy) is 1. The standard InChI is InChI=1S/C23H32N4O2/c1-16-5-6-21-20(10-16)23-19(15-29-21)11-25-27(23)14-22(28)24-7-4-8-26-12-17(2)9-18(3)13-26/h5-6,10-11,17-18H,4,7-9,12-15H2,1-3H3,(H,24,28)/t17-,18-/m1/s1.